The first-order valence-electron chi connectivity index (χ1n) is 9.26. The molecule has 1 atom stereocenters. The highest BCUT2D eigenvalue weighted by atomic mass is 19.1. The van der Waals surface area contributed by atoms with Crippen LogP contribution in [0.2, 0.25) is 0 Å². The van der Waals surface area contributed by atoms with Crippen LogP contribution >= 0.6 is 0 Å². The summed E-state index contributed by atoms with van der Waals surface area (Å²) >= 11 is 0. The molecule has 28 heavy (non-hydrogen) atoms. The molecule has 0 unspecified atom stereocenters. The number of halogens is 1. The minimum Gasteiger partial charge on any atom is -0.362 e. The molecule has 0 radical (unpaired) electrons. The Morgan fingerprint density at radius 1 is 1.18 bits per heavy atom. The number of nitrogens with one attached hydrogen (secondary N) is 2. The summed E-state index contributed by atoms with van der Waals surface area (Å²) < 4.78 is 13.2. The number of anilines is 1. The van der Waals surface area contributed by atoms with Gasteiger partial charge in [0.05, 0.1) is 11.6 Å². The maximum atomic E-state index is 13.2. The first-order valence-corrected chi connectivity index (χ1v) is 9.26. The number of dihydropyridines is 1. The summed E-state index contributed by atoms with van der Waals surface area (Å²) in [6.07, 6.45) is 3.70. The lowest BCUT2D eigenvalue weighted by molar-refractivity contribution is -0.116. The largest absolute Gasteiger partial charge is 0.362 e. The number of carbonyl (C=O) groups excluding carboxylic acids is 2. The Bertz CT molecular complexity index is 994. The summed E-state index contributed by atoms with van der Waals surface area (Å²) in [6.45, 7) is 1.83. The van der Waals surface area contributed by atoms with Crippen molar-refractivity contribution in [2.45, 2.75) is 32.1 Å². The van der Waals surface area contributed by atoms with E-state index in [0.29, 0.717) is 34.6 Å². The van der Waals surface area contributed by atoms with Crippen molar-refractivity contribution < 1.29 is 14.0 Å². The van der Waals surface area contributed by atoms with Crippen LogP contribution in [0, 0.1) is 5.82 Å². The summed E-state index contributed by atoms with van der Waals surface area (Å²) in [7, 11) is 0. The van der Waals surface area contributed by atoms with Crippen LogP contribution in [0.1, 0.15) is 37.8 Å². The van der Waals surface area contributed by atoms with Gasteiger partial charge in [0.1, 0.15) is 5.82 Å². The molecule has 142 valence electrons. The van der Waals surface area contributed by atoms with Gasteiger partial charge in [-0.3, -0.25) is 14.6 Å². The molecule has 1 aliphatic carbocycles. The Labute approximate surface area is 162 Å². The molecule has 0 spiro atoms. The number of hydrogen-bond donors (Lipinski definition) is 2. The lowest BCUT2D eigenvalue weighted by Gasteiger charge is -2.34. The number of Topliss-reactive ketones (excluding diaryl/α,β-unsaturated/α-hetero) is 1. The number of ketones is 1. The van der Waals surface area contributed by atoms with Gasteiger partial charge < -0.3 is 10.6 Å². The normalized spacial score (nSPS) is 19.2. The van der Waals surface area contributed by atoms with E-state index in [0.717, 1.165) is 18.5 Å². The quantitative estimate of drug-likeness (QED) is 0.853. The van der Waals surface area contributed by atoms with Crippen LogP contribution < -0.4 is 10.6 Å². The van der Waals surface area contributed by atoms with Gasteiger partial charge in [0, 0.05) is 40.8 Å². The second kappa shape index (κ2) is 7.38. The zero-order valence-electron chi connectivity index (χ0n) is 15.5. The van der Waals surface area contributed by atoms with E-state index in [1.807, 2.05) is 19.1 Å². The van der Waals surface area contributed by atoms with Crippen LogP contribution in [-0.2, 0) is 9.59 Å². The second-order valence-corrected chi connectivity index (χ2v) is 6.98. The molecular weight excluding hydrogens is 357 g/mol. The van der Waals surface area contributed by atoms with Crippen LogP contribution in [0.25, 0.3) is 0 Å². The molecular formula is C22H20FN3O2. The van der Waals surface area contributed by atoms with Gasteiger partial charge in [-0.25, -0.2) is 4.39 Å². The van der Waals surface area contributed by atoms with E-state index in [-0.39, 0.29) is 17.5 Å². The SMILES string of the molecule is CC1=C(C(=O)Nc2ccc(F)cc2)[C@@H](c2ccccn2)C2=C(CCCC2=O)N1. The predicted molar refractivity (Wildman–Crippen MR) is 104 cm³/mol. The highest BCUT2D eigenvalue weighted by molar-refractivity contribution is 6.09. The number of nitrogens with zero attached hydrogens (tertiary/aromatic N) is 1. The van der Waals surface area contributed by atoms with Gasteiger partial charge in [-0.2, -0.15) is 0 Å². The minimum absolute atomic E-state index is 0.0454. The van der Waals surface area contributed by atoms with Crippen molar-refractivity contribution in [1.29, 1.82) is 0 Å². The molecule has 1 aliphatic heterocycles. The number of hydrogen-bond acceptors (Lipinski definition) is 4. The summed E-state index contributed by atoms with van der Waals surface area (Å²) in [5, 5.41) is 6.08. The first kappa shape index (κ1) is 18.1. The lowest BCUT2D eigenvalue weighted by Crippen LogP contribution is -2.35. The van der Waals surface area contributed by atoms with Gasteiger partial charge in [-0.1, -0.05) is 6.07 Å². The van der Waals surface area contributed by atoms with Crippen molar-refractivity contribution >= 4 is 17.4 Å². The molecule has 2 aliphatic rings. The van der Waals surface area contributed by atoms with Crippen molar-refractivity contribution in [2.75, 3.05) is 5.32 Å². The van der Waals surface area contributed by atoms with E-state index in [1.54, 1.807) is 12.3 Å². The number of amides is 1. The van der Waals surface area contributed by atoms with E-state index < -0.39 is 5.92 Å². The van der Waals surface area contributed by atoms with Gasteiger partial charge in [0.2, 0.25) is 0 Å². The van der Waals surface area contributed by atoms with Gasteiger partial charge in [-0.15, -0.1) is 0 Å². The fourth-order valence-electron chi connectivity index (χ4n) is 3.86. The molecule has 0 saturated carbocycles. The van der Waals surface area contributed by atoms with E-state index in [9.17, 15) is 14.0 Å². The van der Waals surface area contributed by atoms with Crippen molar-refractivity contribution in [2.24, 2.45) is 0 Å². The Balaban J connectivity index is 1.76. The molecule has 1 aromatic carbocycles. The van der Waals surface area contributed by atoms with Crippen molar-refractivity contribution in [3.63, 3.8) is 0 Å². The van der Waals surface area contributed by atoms with E-state index >= 15 is 0 Å². The number of pyridine rings is 1. The van der Waals surface area contributed by atoms with Crippen LogP contribution in [0.15, 0.2) is 71.2 Å². The van der Waals surface area contributed by atoms with Gasteiger partial charge in [0.25, 0.3) is 5.91 Å². The zero-order chi connectivity index (χ0) is 19.7. The highest BCUT2D eigenvalue weighted by Crippen LogP contribution is 2.41. The molecule has 4 rings (SSSR count). The topological polar surface area (TPSA) is 71.1 Å². The Kier molecular flexibility index (Phi) is 4.77. The summed E-state index contributed by atoms with van der Waals surface area (Å²) in [6, 6.07) is 11.1. The lowest BCUT2D eigenvalue weighted by atomic mass is 9.76. The standard InChI is InChI=1S/C22H20FN3O2/c1-13-19(22(28)26-15-10-8-14(23)9-11-15)21(16-5-2-3-12-24-16)20-17(25-13)6-4-7-18(20)27/h2-3,5,8-12,21,25H,4,6-7H2,1H3,(H,26,28)/t21-/m1/s1. The van der Waals surface area contributed by atoms with Gasteiger partial charge in [-0.05, 0) is 56.2 Å². The Hall–Kier alpha value is -3.28. The average molecular weight is 377 g/mol. The molecule has 0 fully saturated rings. The Morgan fingerprint density at radius 2 is 1.96 bits per heavy atom. The minimum atomic E-state index is -0.523. The number of carbonyl (C=O) groups is 2. The van der Waals surface area contributed by atoms with Crippen molar-refractivity contribution in [3.8, 4) is 0 Å². The smallest absolute Gasteiger partial charge is 0.254 e. The molecule has 1 amide bonds. The number of aromatic nitrogens is 1. The van der Waals surface area contributed by atoms with Gasteiger partial charge >= 0.3 is 0 Å². The van der Waals surface area contributed by atoms with Crippen molar-refractivity contribution in [1.82, 2.24) is 10.3 Å². The maximum absolute atomic E-state index is 13.2. The average Bonchev–Trinajstić information content (AvgIpc) is 2.69. The van der Waals surface area contributed by atoms with Crippen LogP contribution in [0.4, 0.5) is 10.1 Å². The van der Waals surface area contributed by atoms with Crippen molar-refractivity contribution in [3.05, 3.63) is 82.7 Å². The van der Waals surface area contributed by atoms with E-state index in [4.69, 9.17) is 0 Å². The molecule has 2 heterocycles. The zero-order valence-corrected chi connectivity index (χ0v) is 15.5. The monoisotopic (exact) mass is 377 g/mol. The molecule has 0 bridgehead atoms. The Morgan fingerprint density at radius 3 is 2.68 bits per heavy atom. The van der Waals surface area contributed by atoms with E-state index in [1.165, 1.54) is 24.3 Å². The maximum Gasteiger partial charge on any atom is 0.254 e. The molecule has 2 N–H and O–H groups in total. The summed E-state index contributed by atoms with van der Waals surface area (Å²) in [5.41, 5.74) is 3.81. The second-order valence-electron chi connectivity index (χ2n) is 6.98. The van der Waals surface area contributed by atoms with E-state index in [2.05, 4.69) is 15.6 Å². The molecule has 5 nitrogen and oxygen atoms in total. The predicted octanol–water partition coefficient (Wildman–Crippen LogP) is 3.83. The first-order chi connectivity index (χ1) is 13.5. The molecule has 2 aromatic rings. The molecule has 1 aromatic heterocycles. The third-order valence-electron chi connectivity index (χ3n) is 5.11. The third kappa shape index (κ3) is 3.33. The molecule has 0 saturated heterocycles. The highest BCUT2D eigenvalue weighted by Gasteiger charge is 2.39. The fourth-order valence-corrected chi connectivity index (χ4v) is 3.86. The number of rotatable bonds is 3. The number of benzene rings is 1. The molecule has 6 heteroatoms. The van der Waals surface area contributed by atoms with Crippen LogP contribution in [-0.4, -0.2) is 16.7 Å². The summed E-state index contributed by atoms with van der Waals surface area (Å²) in [5.74, 6) is -1.19. The number of allylic oxidation sites excluding steroid dienone is 3. The third-order valence-corrected chi connectivity index (χ3v) is 5.11. The van der Waals surface area contributed by atoms with Crippen LogP contribution in [0.3, 0.4) is 0 Å². The van der Waals surface area contributed by atoms with Crippen LogP contribution in [0.5, 0.6) is 0 Å². The fraction of sp³-hybridized carbons (Fsp3) is 0.227. The van der Waals surface area contributed by atoms with Gasteiger partial charge in [0.15, 0.2) is 5.78 Å². The summed E-state index contributed by atoms with van der Waals surface area (Å²) in [4.78, 5) is 30.4.